The standard InChI is InChI=1S/C12H22N4O2/c1-8(11(17)15-12(18)13-2)14-9-5-7-16-6-3-4-10(9)16/h8-10,14H,3-7H2,1-2H3,(H2,13,15,17,18). The van der Waals surface area contributed by atoms with Gasteiger partial charge in [-0.05, 0) is 32.7 Å². The van der Waals surface area contributed by atoms with Crippen molar-refractivity contribution < 1.29 is 9.59 Å². The molecule has 3 atom stereocenters. The molecule has 0 saturated carbocycles. The van der Waals surface area contributed by atoms with E-state index in [2.05, 4.69) is 20.9 Å². The fourth-order valence-electron chi connectivity index (χ4n) is 2.96. The summed E-state index contributed by atoms with van der Waals surface area (Å²) in [5, 5.41) is 8.02. The number of imide groups is 1. The molecular weight excluding hydrogens is 232 g/mol. The topological polar surface area (TPSA) is 73.5 Å². The van der Waals surface area contributed by atoms with Crippen LogP contribution in [0.1, 0.15) is 26.2 Å². The third-order valence-corrected chi connectivity index (χ3v) is 3.93. The maximum Gasteiger partial charge on any atom is 0.321 e. The van der Waals surface area contributed by atoms with Gasteiger partial charge in [0, 0.05) is 25.7 Å². The minimum absolute atomic E-state index is 0.272. The molecule has 2 rings (SSSR count). The summed E-state index contributed by atoms with van der Waals surface area (Å²) in [6, 6.07) is 0.147. The van der Waals surface area contributed by atoms with Crippen LogP contribution in [0.4, 0.5) is 4.79 Å². The molecule has 2 aliphatic rings. The highest BCUT2D eigenvalue weighted by molar-refractivity contribution is 5.96. The van der Waals surface area contributed by atoms with Crippen LogP contribution in [-0.4, -0.2) is 55.1 Å². The van der Waals surface area contributed by atoms with E-state index in [1.807, 2.05) is 0 Å². The Kier molecular flexibility index (Phi) is 4.19. The molecule has 3 unspecified atom stereocenters. The van der Waals surface area contributed by atoms with Gasteiger partial charge in [-0.25, -0.2) is 4.79 Å². The van der Waals surface area contributed by atoms with Gasteiger partial charge in [-0.1, -0.05) is 0 Å². The molecule has 2 fully saturated rings. The minimum atomic E-state index is -0.456. The fraction of sp³-hybridized carbons (Fsp3) is 0.833. The van der Waals surface area contributed by atoms with Gasteiger partial charge in [0.25, 0.3) is 0 Å². The number of urea groups is 1. The second-order valence-electron chi connectivity index (χ2n) is 5.10. The summed E-state index contributed by atoms with van der Waals surface area (Å²) >= 11 is 0. The van der Waals surface area contributed by atoms with Gasteiger partial charge in [-0.3, -0.25) is 15.0 Å². The van der Waals surface area contributed by atoms with Crippen molar-refractivity contribution in [1.29, 1.82) is 0 Å². The molecule has 102 valence electrons. The van der Waals surface area contributed by atoms with Crippen LogP contribution in [0, 0.1) is 0 Å². The molecule has 6 heteroatoms. The van der Waals surface area contributed by atoms with Gasteiger partial charge in [0.1, 0.15) is 0 Å². The van der Waals surface area contributed by atoms with E-state index in [9.17, 15) is 9.59 Å². The molecule has 3 N–H and O–H groups in total. The molecule has 2 aliphatic heterocycles. The molecule has 0 bridgehead atoms. The van der Waals surface area contributed by atoms with E-state index in [1.54, 1.807) is 6.92 Å². The van der Waals surface area contributed by atoms with E-state index in [0.29, 0.717) is 12.1 Å². The van der Waals surface area contributed by atoms with Crippen LogP contribution in [0.15, 0.2) is 0 Å². The Hall–Kier alpha value is -1.14. The van der Waals surface area contributed by atoms with Crippen LogP contribution in [0.5, 0.6) is 0 Å². The largest absolute Gasteiger partial charge is 0.341 e. The second-order valence-corrected chi connectivity index (χ2v) is 5.10. The Labute approximate surface area is 107 Å². The first-order chi connectivity index (χ1) is 8.61. The maximum absolute atomic E-state index is 11.7. The van der Waals surface area contributed by atoms with Crippen LogP contribution in [0.3, 0.4) is 0 Å². The maximum atomic E-state index is 11.7. The van der Waals surface area contributed by atoms with Gasteiger partial charge in [0.05, 0.1) is 6.04 Å². The molecule has 3 amide bonds. The average Bonchev–Trinajstić information content (AvgIpc) is 2.93. The van der Waals surface area contributed by atoms with Crippen LogP contribution in [-0.2, 0) is 4.79 Å². The molecule has 0 aromatic heterocycles. The van der Waals surface area contributed by atoms with Gasteiger partial charge in [0.15, 0.2) is 0 Å². The van der Waals surface area contributed by atoms with Crippen LogP contribution >= 0.6 is 0 Å². The highest BCUT2D eigenvalue weighted by Gasteiger charge is 2.38. The molecule has 18 heavy (non-hydrogen) atoms. The molecule has 0 radical (unpaired) electrons. The van der Waals surface area contributed by atoms with Crippen molar-refractivity contribution >= 4 is 11.9 Å². The lowest BCUT2D eigenvalue weighted by molar-refractivity contribution is -0.121. The van der Waals surface area contributed by atoms with E-state index in [-0.39, 0.29) is 11.9 Å². The molecule has 2 heterocycles. The third kappa shape index (κ3) is 2.81. The van der Waals surface area contributed by atoms with E-state index in [0.717, 1.165) is 13.0 Å². The summed E-state index contributed by atoms with van der Waals surface area (Å²) in [4.78, 5) is 25.3. The zero-order chi connectivity index (χ0) is 13.1. The number of fused-ring (bicyclic) bond motifs is 1. The van der Waals surface area contributed by atoms with Gasteiger partial charge in [-0.15, -0.1) is 0 Å². The van der Waals surface area contributed by atoms with E-state index in [1.165, 1.54) is 26.4 Å². The summed E-state index contributed by atoms with van der Waals surface area (Å²) in [6.07, 6.45) is 3.55. The zero-order valence-electron chi connectivity index (χ0n) is 11.0. The van der Waals surface area contributed by atoms with Crippen LogP contribution in [0.2, 0.25) is 0 Å². The zero-order valence-corrected chi connectivity index (χ0v) is 11.0. The van der Waals surface area contributed by atoms with Gasteiger partial charge < -0.3 is 10.6 Å². The average molecular weight is 254 g/mol. The summed E-state index contributed by atoms with van der Waals surface area (Å²) in [7, 11) is 1.49. The molecule has 0 aromatic carbocycles. The fourth-order valence-corrected chi connectivity index (χ4v) is 2.96. The molecule has 6 nitrogen and oxygen atoms in total. The molecule has 0 spiro atoms. The highest BCUT2D eigenvalue weighted by Crippen LogP contribution is 2.28. The number of carbonyl (C=O) groups is 2. The summed E-state index contributed by atoms with van der Waals surface area (Å²) < 4.78 is 0. The van der Waals surface area contributed by atoms with Crippen LogP contribution in [0.25, 0.3) is 0 Å². The summed E-state index contributed by atoms with van der Waals surface area (Å²) in [5.41, 5.74) is 0. The van der Waals surface area contributed by atoms with E-state index in [4.69, 9.17) is 0 Å². The number of amides is 3. The smallest absolute Gasteiger partial charge is 0.321 e. The predicted octanol–water partition coefficient (Wildman–Crippen LogP) is -0.343. The number of hydrogen-bond acceptors (Lipinski definition) is 4. The van der Waals surface area contributed by atoms with Crippen LogP contribution < -0.4 is 16.0 Å². The van der Waals surface area contributed by atoms with Gasteiger partial charge in [0.2, 0.25) is 5.91 Å². The van der Waals surface area contributed by atoms with Crippen molar-refractivity contribution in [3.63, 3.8) is 0 Å². The number of hydrogen-bond donors (Lipinski definition) is 3. The summed E-state index contributed by atoms with van der Waals surface area (Å²) in [6.45, 7) is 4.10. The predicted molar refractivity (Wildman–Crippen MR) is 68.2 cm³/mol. The second kappa shape index (κ2) is 5.67. The first kappa shape index (κ1) is 13.3. The van der Waals surface area contributed by atoms with Gasteiger partial charge in [-0.2, -0.15) is 0 Å². The number of rotatable bonds is 3. The summed E-state index contributed by atoms with van der Waals surface area (Å²) in [5.74, 6) is -0.272. The first-order valence-electron chi connectivity index (χ1n) is 6.64. The molecule has 2 saturated heterocycles. The van der Waals surface area contributed by atoms with Crippen molar-refractivity contribution in [2.45, 2.75) is 44.3 Å². The number of carbonyl (C=O) groups excluding carboxylic acids is 2. The van der Waals surface area contributed by atoms with Crippen molar-refractivity contribution in [2.24, 2.45) is 0 Å². The highest BCUT2D eigenvalue weighted by atomic mass is 16.2. The van der Waals surface area contributed by atoms with E-state index < -0.39 is 6.03 Å². The molecule has 0 aromatic rings. The monoisotopic (exact) mass is 254 g/mol. The lowest BCUT2D eigenvalue weighted by atomic mass is 10.1. The SMILES string of the molecule is CNC(=O)NC(=O)C(C)NC1CCN2CCCC12. The quantitative estimate of drug-likeness (QED) is 0.644. The van der Waals surface area contributed by atoms with Crippen molar-refractivity contribution in [3.8, 4) is 0 Å². The molecular formula is C12H22N4O2. The lowest BCUT2D eigenvalue weighted by Crippen LogP contribution is -2.52. The van der Waals surface area contributed by atoms with Gasteiger partial charge >= 0.3 is 6.03 Å². The first-order valence-corrected chi connectivity index (χ1v) is 6.64. The third-order valence-electron chi connectivity index (χ3n) is 3.93. The van der Waals surface area contributed by atoms with E-state index >= 15 is 0 Å². The Morgan fingerprint density at radius 3 is 2.78 bits per heavy atom. The Bertz CT molecular complexity index is 334. The normalized spacial score (nSPS) is 28.8. The Balaban J connectivity index is 1.82. The number of nitrogens with one attached hydrogen (secondary N) is 3. The Morgan fingerprint density at radius 2 is 2.06 bits per heavy atom. The van der Waals surface area contributed by atoms with Crippen molar-refractivity contribution in [3.05, 3.63) is 0 Å². The van der Waals surface area contributed by atoms with Crippen molar-refractivity contribution in [2.75, 3.05) is 20.1 Å². The number of nitrogens with zero attached hydrogens (tertiary/aromatic N) is 1. The molecule has 0 aliphatic carbocycles. The minimum Gasteiger partial charge on any atom is -0.341 e. The lowest BCUT2D eigenvalue weighted by Gasteiger charge is -2.24. The Morgan fingerprint density at radius 1 is 1.28 bits per heavy atom. The van der Waals surface area contributed by atoms with Crippen molar-refractivity contribution in [1.82, 2.24) is 20.9 Å².